The molecule has 1 aromatic heterocycles. The van der Waals surface area contributed by atoms with E-state index in [2.05, 4.69) is 29.3 Å². The van der Waals surface area contributed by atoms with Gasteiger partial charge in [0.15, 0.2) is 5.17 Å². The van der Waals surface area contributed by atoms with Crippen LogP contribution in [0.4, 0.5) is 0 Å². The number of aryl methyl sites for hydroxylation is 1. The van der Waals surface area contributed by atoms with Crippen LogP contribution in [0.25, 0.3) is 0 Å². The molecule has 0 saturated carbocycles. The molecule has 94 valence electrons. The number of rotatable bonds is 4. The fraction of sp³-hybridized carbons (Fsp3) is 0.667. The monoisotopic (exact) mass is 252 g/mol. The molecule has 0 aromatic carbocycles. The van der Waals surface area contributed by atoms with Crippen LogP contribution in [0.5, 0.6) is 0 Å². The van der Waals surface area contributed by atoms with Crippen LogP contribution < -0.4 is 5.32 Å². The molecule has 4 nitrogen and oxygen atoms in total. The Hall–Kier alpha value is -0.970. The van der Waals surface area contributed by atoms with Crippen molar-refractivity contribution in [1.82, 2.24) is 15.1 Å². The number of nitrogens with one attached hydrogen (secondary N) is 1. The molecule has 0 spiro atoms. The van der Waals surface area contributed by atoms with E-state index in [0.29, 0.717) is 12.0 Å². The molecule has 2 rings (SSSR count). The third-order valence-electron chi connectivity index (χ3n) is 2.93. The fourth-order valence-corrected chi connectivity index (χ4v) is 2.97. The van der Waals surface area contributed by atoms with Crippen LogP contribution in [0, 0.1) is 5.92 Å². The summed E-state index contributed by atoms with van der Waals surface area (Å²) >= 11 is 1.84. The van der Waals surface area contributed by atoms with E-state index < -0.39 is 0 Å². The number of aromatic nitrogens is 2. The number of thioether (sulfide) groups is 1. The zero-order chi connectivity index (χ0) is 12.3. The maximum Gasteiger partial charge on any atom is 0.156 e. The summed E-state index contributed by atoms with van der Waals surface area (Å²) in [6.07, 6.45) is 4.92. The van der Waals surface area contributed by atoms with Crippen molar-refractivity contribution >= 4 is 16.9 Å². The highest BCUT2D eigenvalue weighted by molar-refractivity contribution is 8.14. The molecule has 1 fully saturated rings. The second kappa shape index (κ2) is 5.58. The van der Waals surface area contributed by atoms with Gasteiger partial charge in [-0.2, -0.15) is 5.10 Å². The number of aliphatic imine (C=N–C) groups is 1. The Bertz CT molecular complexity index is 397. The lowest BCUT2D eigenvalue weighted by atomic mass is 10.1. The molecule has 1 saturated heterocycles. The fourth-order valence-electron chi connectivity index (χ4n) is 1.75. The van der Waals surface area contributed by atoms with Crippen LogP contribution in [-0.4, -0.2) is 33.3 Å². The molecular formula is C12H20N4S. The van der Waals surface area contributed by atoms with Crippen LogP contribution >= 0.6 is 11.8 Å². The van der Waals surface area contributed by atoms with Crippen molar-refractivity contribution < 1.29 is 0 Å². The normalized spacial score (nSPS) is 22.4. The average molecular weight is 252 g/mol. The molecular weight excluding hydrogens is 232 g/mol. The molecule has 2 heterocycles. The van der Waals surface area contributed by atoms with Crippen LogP contribution in [-0.2, 0) is 13.5 Å². The molecule has 1 aliphatic rings. The highest BCUT2D eigenvalue weighted by atomic mass is 32.2. The van der Waals surface area contributed by atoms with Gasteiger partial charge in [0.05, 0.1) is 6.20 Å². The first-order chi connectivity index (χ1) is 8.15. The minimum Gasteiger partial charge on any atom is -0.361 e. The van der Waals surface area contributed by atoms with E-state index in [1.165, 1.54) is 5.56 Å². The predicted molar refractivity (Wildman–Crippen MR) is 73.4 cm³/mol. The van der Waals surface area contributed by atoms with E-state index >= 15 is 0 Å². The molecule has 0 radical (unpaired) electrons. The van der Waals surface area contributed by atoms with Crippen molar-refractivity contribution in [2.24, 2.45) is 18.0 Å². The van der Waals surface area contributed by atoms with E-state index in [4.69, 9.17) is 0 Å². The van der Waals surface area contributed by atoms with Gasteiger partial charge in [-0.25, -0.2) is 0 Å². The van der Waals surface area contributed by atoms with E-state index in [1.54, 1.807) is 0 Å². The van der Waals surface area contributed by atoms with E-state index in [9.17, 15) is 0 Å². The van der Waals surface area contributed by atoms with Gasteiger partial charge in [0.1, 0.15) is 0 Å². The molecule has 1 aliphatic heterocycles. The average Bonchev–Trinajstić information content (AvgIpc) is 2.88. The van der Waals surface area contributed by atoms with Gasteiger partial charge < -0.3 is 5.32 Å². The van der Waals surface area contributed by atoms with Crippen LogP contribution in [0.1, 0.15) is 19.4 Å². The third-order valence-corrected chi connectivity index (χ3v) is 3.97. The van der Waals surface area contributed by atoms with Crippen molar-refractivity contribution in [1.29, 1.82) is 0 Å². The second-order valence-corrected chi connectivity index (χ2v) is 5.77. The zero-order valence-electron chi connectivity index (χ0n) is 10.7. The second-order valence-electron chi connectivity index (χ2n) is 4.76. The topological polar surface area (TPSA) is 42.2 Å². The Morgan fingerprint density at radius 2 is 2.47 bits per heavy atom. The Kier molecular flexibility index (Phi) is 4.10. The Labute approximate surface area is 107 Å². The summed E-state index contributed by atoms with van der Waals surface area (Å²) < 4.78 is 1.83. The highest BCUT2D eigenvalue weighted by Gasteiger charge is 2.22. The van der Waals surface area contributed by atoms with E-state index in [0.717, 1.165) is 23.9 Å². The minimum absolute atomic E-state index is 0.581. The van der Waals surface area contributed by atoms with Gasteiger partial charge >= 0.3 is 0 Å². The summed E-state index contributed by atoms with van der Waals surface area (Å²) in [6, 6.07) is 0.581. The van der Waals surface area contributed by atoms with E-state index in [-0.39, 0.29) is 0 Å². The van der Waals surface area contributed by atoms with Crippen LogP contribution in [0.2, 0.25) is 0 Å². The number of nitrogens with zero attached hydrogens (tertiary/aromatic N) is 3. The Morgan fingerprint density at radius 3 is 3.06 bits per heavy atom. The van der Waals surface area contributed by atoms with Crippen LogP contribution in [0.3, 0.4) is 0 Å². The SMILES string of the molecule is CC(C)C1CSC(=NCCc2cnn(C)c2)N1. The van der Waals surface area contributed by atoms with Crippen molar-refractivity contribution in [3.63, 3.8) is 0 Å². The largest absolute Gasteiger partial charge is 0.361 e. The number of hydrogen-bond acceptors (Lipinski definition) is 3. The van der Waals surface area contributed by atoms with Crippen LogP contribution in [0.15, 0.2) is 17.4 Å². The summed E-state index contributed by atoms with van der Waals surface area (Å²) in [5, 5.41) is 8.73. The first-order valence-electron chi connectivity index (χ1n) is 6.06. The lowest BCUT2D eigenvalue weighted by molar-refractivity contribution is 0.503. The summed E-state index contributed by atoms with van der Waals surface area (Å²) in [5.74, 6) is 1.82. The number of hydrogen-bond donors (Lipinski definition) is 1. The lowest BCUT2D eigenvalue weighted by Gasteiger charge is -2.12. The maximum absolute atomic E-state index is 4.59. The van der Waals surface area contributed by atoms with Gasteiger partial charge in [0.25, 0.3) is 0 Å². The van der Waals surface area contributed by atoms with Gasteiger partial charge in [-0.3, -0.25) is 9.67 Å². The quantitative estimate of drug-likeness (QED) is 0.886. The highest BCUT2D eigenvalue weighted by Crippen LogP contribution is 2.18. The van der Waals surface area contributed by atoms with Crippen molar-refractivity contribution in [3.8, 4) is 0 Å². The Balaban J connectivity index is 1.78. The number of amidine groups is 1. The molecule has 0 amide bonds. The molecule has 5 heteroatoms. The first kappa shape index (κ1) is 12.5. The predicted octanol–water partition coefficient (Wildman–Crippen LogP) is 1.68. The van der Waals surface area contributed by atoms with Gasteiger partial charge in [0.2, 0.25) is 0 Å². The molecule has 1 N–H and O–H groups in total. The Morgan fingerprint density at radius 1 is 1.65 bits per heavy atom. The van der Waals surface area contributed by atoms with E-state index in [1.807, 2.05) is 35.9 Å². The molecule has 1 atom stereocenters. The summed E-state index contributed by atoms with van der Waals surface area (Å²) in [4.78, 5) is 4.59. The smallest absolute Gasteiger partial charge is 0.156 e. The summed E-state index contributed by atoms with van der Waals surface area (Å²) in [7, 11) is 1.94. The van der Waals surface area contributed by atoms with Gasteiger partial charge in [-0.05, 0) is 17.9 Å². The zero-order valence-corrected chi connectivity index (χ0v) is 11.5. The molecule has 1 unspecified atom stereocenters. The van der Waals surface area contributed by atoms with Gasteiger partial charge in [-0.1, -0.05) is 25.6 Å². The summed E-state index contributed by atoms with van der Waals surface area (Å²) in [6.45, 7) is 5.33. The third kappa shape index (κ3) is 3.49. The molecule has 17 heavy (non-hydrogen) atoms. The molecule has 0 bridgehead atoms. The van der Waals surface area contributed by atoms with Crippen molar-refractivity contribution in [2.45, 2.75) is 26.3 Å². The minimum atomic E-state index is 0.581. The van der Waals surface area contributed by atoms with Gasteiger partial charge in [0, 0.05) is 31.6 Å². The van der Waals surface area contributed by atoms with Gasteiger partial charge in [-0.15, -0.1) is 0 Å². The summed E-state index contributed by atoms with van der Waals surface area (Å²) in [5.41, 5.74) is 1.25. The first-order valence-corrected chi connectivity index (χ1v) is 7.05. The maximum atomic E-state index is 4.59. The van der Waals surface area contributed by atoms with Crippen molar-refractivity contribution in [2.75, 3.05) is 12.3 Å². The van der Waals surface area contributed by atoms with Crippen molar-refractivity contribution in [3.05, 3.63) is 18.0 Å². The molecule has 0 aliphatic carbocycles. The lowest BCUT2D eigenvalue weighted by Crippen LogP contribution is -2.31. The molecule has 1 aromatic rings. The standard InChI is InChI=1S/C12H20N4S/c1-9(2)11-8-17-12(15-11)13-5-4-10-6-14-16(3)7-10/h6-7,9,11H,4-5,8H2,1-3H3,(H,13,15).